The number of hydrogen-bond acceptors (Lipinski definition) is 7. The number of carbonyl (C=O) groups excluding carboxylic acids is 1. The maximum absolute atomic E-state index is 12.3. The number of nitrogens with two attached hydrogens (primary N) is 1. The molecule has 0 radical (unpaired) electrons. The number of anilines is 1. The van der Waals surface area contributed by atoms with Crippen LogP contribution in [-0.4, -0.2) is 38.8 Å². The van der Waals surface area contributed by atoms with Crippen molar-refractivity contribution in [2.24, 2.45) is 0 Å². The van der Waals surface area contributed by atoms with Crippen LogP contribution in [0.25, 0.3) is 0 Å². The quantitative estimate of drug-likeness (QED) is 0.799. The highest BCUT2D eigenvalue weighted by Gasteiger charge is 2.16. The lowest BCUT2D eigenvalue weighted by atomic mass is 10.1. The Morgan fingerprint density at radius 3 is 2.35 bits per heavy atom. The number of nitrogens with zero attached hydrogens (tertiary/aromatic N) is 1. The fourth-order valence-corrected chi connectivity index (χ4v) is 2.65. The van der Waals surface area contributed by atoms with Crippen molar-refractivity contribution in [2.75, 3.05) is 33.6 Å². The van der Waals surface area contributed by atoms with Crippen molar-refractivity contribution in [3.63, 3.8) is 0 Å². The van der Waals surface area contributed by atoms with Crippen LogP contribution in [0.4, 0.5) is 5.13 Å². The van der Waals surface area contributed by atoms with Gasteiger partial charge >= 0.3 is 0 Å². The van der Waals surface area contributed by atoms with E-state index in [1.54, 1.807) is 12.1 Å². The van der Waals surface area contributed by atoms with E-state index in [0.717, 1.165) is 5.69 Å². The first-order chi connectivity index (χ1) is 11.1. The number of aromatic nitrogens is 1. The van der Waals surface area contributed by atoms with Crippen molar-refractivity contribution in [1.29, 1.82) is 0 Å². The Bertz CT molecular complexity index is 662. The standard InChI is InChI=1S/C15H19N3O4S/c1-20-11-6-9(7-12(21-2)13(11)22-3)14(19)17-5-4-10-8-23-15(16)18-10/h6-8H,4-5H2,1-3H3,(H2,16,18)(H,17,19). The molecule has 7 nitrogen and oxygen atoms in total. The molecule has 0 aliphatic rings. The number of benzene rings is 1. The summed E-state index contributed by atoms with van der Waals surface area (Å²) in [6.07, 6.45) is 0.615. The number of hydrogen-bond donors (Lipinski definition) is 2. The van der Waals surface area contributed by atoms with Gasteiger partial charge in [0.1, 0.15) is 0 Å². The lowest BCUT2D eigenvalue weighted by molar-refractivity contribution is 0.0953. The summed E-state index contributed by atoms with van der Waals surface area (Å²) >= 11 is 1.38. The smallest absolute Gasteiger partial charge is 0.251 e. The molecule has 2 rings (SSSR count). The molecule has 0 bridgehead atoms. The van der Waals surface area contributed by atoms with E-state index in [4.69, 9.17) is 19.9 Å². The van der Waals surface area contributed by atoms with Gasteiger partial charge in [-0.25, -0.2) is 4.98 Å². The second-order valence-corrected chi connectivity index (χ2v) is 5.49. The summed E-state index contributed by atoms with van der Waals surface area (Å²) in [6, 6.07) is 3.22. The van der Waals surface area contributed by atoms with Crippen LogP contribution >= 0.6 is 11.3 Å². The van der Waals surface area contributed by atoms with Gasteiger partial charge in [0.15, 0.2) is 16.6 Å². The molecule has 23 heavy (non-hydrogen) atoms. The summed E-state index contributed by atoms with van der Waals surface area (Å²) in [4.78, 5) is 16.4. The maximum Gasteiger partial charge on any atom is 0.251 e. The van der Waals surface area contributed by atoms with Crippen molar-refractivity contribution < 1.29 is 19.0 Å². The zero-order valence-corrected chi connectivity index (χ0v) is 14.0. The van der Waals surface area contributed by atoms with Crippen molar-refractivity contribution >= 4 is 22.4 Å². The average molecular weight is 337 g/mol. The van der Waals surface area contributed by atoms with Crippen LogP contribution in [0.5, 0.6) is 17.2 Å². The van der Waals surface area contributed by atoms with Crippen LogP contribution in [0.3, 0.4) is 0 Å². The molecule has 0 aliphatic carbocycles. The summed E-state index contributed by atoms with van der Waals surface area (Å²) in [5.74, 6) is 1.09. The molecule has 124 valence electrons. The Hall–Kier alpha value is -2.48. The first-order valence-corrected chi connectivity index (χ1v) is 7.75. The summed E-state index contributed by atoms with van der Waals surface area (Å²) in [5.41, 5.74) is 6.86. The van der Waals surface area contributed by atoms with Gasteiger partial charge in [0.25, 0.3) is 5.91 Å². The second kappa shape index (κ2) is 7.68. The first-order valence-electron chi connectivity index (χ1n) is 6.87. The fraction of sp³-hybridized carbons (Fsp3) is 0.333. The molecule has 3 N–H and O–H groups in total. The summed E-state index contributed by atoms with van der Waals surface area (Å²) in [7, 11) is 4.52. The van der Waals surface area contributed by atoms with Gasteiger partial charge < -0.3 is 25.3 Å². The zero-order chi connectivity index (χ0) is 16.8. The van der Waals surface area contributed by atoms with Crippen LogP contribution in [0.15, 0.2) is 17.5 Å². The first kappa shape index (κ1) is 16.9. The van der Waals surface area contributed by atoms with E-state index in [0.29, 0.717) is 40.9 Å². The third-order valence-corrected chi connectivity index (χ3v) is 3.89. The van der Waals surface area contributed by atoms with Gasteiger partial charge in [-0.1, -0.05) is 0 Å². The molecule has 1 aromatic heterocycles. The SMILES string of the molecule is COc1cc(C(=O)NCCc2csc(N)n2)cc(OC)c1OC. The molecule has 0 unspecified atom stereocenters. The molecule has 1 amide bonds. The van der Waals surface area contributed by atoms with E-state index in [1.165, 1.54) is 32.7 Å². The van der Waals surface area contributed by atoms with Crippen LogP contribution in [-0.2, 0) is 6.42 Å². The summed E-state index contributed by atoms with van der Waals surface area (Å²) in [6.45, 7) is 0.457. The second-order valence-electron chi connectivity index (χ2n) is 4.60. The van der Waals surface area contributed by atoms with E-state index in [1.807, 2.05) is 5.38 Å². The van der Waals surface area contributed by atoms with Crippen molar-refractivity contribution in [2.45, 2.75) is 6.42 Å². The van der Waals surface area contributed by atoms with Gasteiger partial charge in [-0.05, 0) is 12.1 Å². The Balaban J connectivity index is 2.06. The molecule has 0 aliphatic heterocycles. The number of thiazole rings is 1. The lowest BCUT2D eigenvalue weighted by Gasteiger charge is -2.14. The minimum absolute atomic E-state index is 0.229. The molecular formula is C15H19N3O4S. The molecule has 2 aromatic rings. The molecule has 8 heteroatoms. The number of methoxy groups -OCH3 is 3. The van der Waals surface area contributed by atoms with E-state index >= 15 is 0 Å². The van der Waals surface area contributed by atoms with Gasteiger partial charge in [0, 0.05) is 23.9 Å². The molecule has 1 aromatic carbocycles. The van der Waals surface area contributed by atoms with E-state index < -0.39 is 0 Å². The third-order valence-electron chi connectivity index (χ3n) is 3.16. The predicted molar refractivity (Wildman–Crippen MR) is 88.7 cm³/mol. The summed E-state index contributed by atoms with van der Waals surface area (Å²) < 4.78 is 15.7. The number of amides is 1. The van der Waals surface area contributed by atoms with Crippen molar-refractivity contribution in [3.8, 4) is 17.2 Å². The van der Waals surface area contributed by atoms with Crippen LogP contribution < -0.4 is 25.3 Å². The van der Waals surface area contributed by atoms with E-state index in [9.17, 15) is 4.79 Å². The predicted octanol–water partition coefficient (Wildman–Crippen LogP) is 1.72. The minimum Gasteiger partial charge on any atom is -0.493 e. The number of carbonyl (C=O) groups is 1. The van der Waals surface area contributed by atoms with Gasteiger partial charge in [0.2, 0.25) is 5.75 Å². The van der Waals surface area contributed by atoms with Gasteiger partial charge in [0.05, 0.1) is 27.0 Å². The van der Waals surface area contributed by atoms with Crippen LogP contribution in [0.2, 0.25) is 0 Å². The molecule has 0 saturated carbocycles. The molecule has 0 spiro atoms. The number of nitrogens with one attached hydrogen (secondary N) is 1. The molecular weight excluding hydrogens is 318 g/mol. The Morgan fingerprint density at radius 2 is 1.87 bits per heavy atom. The third kappa shape index (κ3) is 4.04. The number of ether oxygens (including phenoxy) is 3. The van der Waals surface area contributed by atoms with Crippen molar-refractivity contribution in [1.82, 2.24) is 10.3 Å². The Morgan fingerprint density at radius 1 is 1.22 bits per heavy atom. The highest BCUT2D eigenvalue weighted by molar-refractivity contribution is 7.13. The van der Waals surface area contributed by atoms with Crippen LogP contribution in [0, 0.1) is 0 Å². The van der Waals surface area contributed by atoms with Gasteiger partial charge in [-0.15, -0.1) is 11.3 Å². The summed E-state index contributed by atoms with van der Waals surface area (Å²) in [5, 5.41) is 5.23. The topological polar surface area (TPSA) is 95.7 Å². The Labute approximate surface area is 138 Å². The van der Waals surface area contributed by atoms with E-state index in [-0.39, 0.29) is 5.91 Å². The Kier molecular flexibility index (Phi) is 5.64. The normalized spacial score (nSPS) is 10.2. The molecule has 1 heterocycles. The maximum atomic E-state index is 12.3. The monoisotopic (exact) mass is 337 g/mol. The number of nitrogen functional groups attached to an aromatic ring is 1. The lowest BCUT2D eigenvalue weighted by Crippen LogP contribution is -2.25. The van der Waals surface area contributed by atoms with Gasteiger partial charge in [-0.2, -0.15) is 0 Å². The van der Waals surface area contributed by atoms with Gasteiger partial charge in [-0.3, -0.25) is 4.79 Å². The van der Waals surface area contributed by atoms with Crippen LogP contribution in [0.1, 0.15) is 16.1 Å². The average Bonchev–Trinajstić information content (AvgIpc) is 2.98. The fourth-order valence-electron chi connectivity index (χ4n) is 2.06. The minimum atomic E-state index is -0.229. The molecule has 0 saturated heterocycles. The number of rotatable bonds is 7. The highest BCUT2D eigenvalue weighted by Crippen LogP contribution is 2.38. The van der Waals surface area contributed by atoms with Crippen molar-refractivity contribution in [3.05, 3.63) is 28.8 Å². The molecule has 0 fully saturated rings. The zero-order valence-electron chi connectivity index (χ0n) is 13.2. The van der Waals surface area contributed by atoms with E-state index in [2.05, 4.69) is 10.3 Å². The molecule has 0 atom stereocenters. The largest absolute Gasteiger partial charge is 0.493 e. The highest BCUT2D eigenvalue weighted by atomic mass is 32.1.